The summed E-state index contributed by atoms with van der Waals surface area (Å²) in [5.41, 5.74) is 6.59. The smallest absolute Gasteiger partial charge is 0.0761 e. The number of nitrogens with zero attached hydrogens (tertiary/aromatic N) is 1. The highest BCUT2D eigenvalue weighted by Gasteiger charge is 2.40. The van der Waals surface area contributed by atoms with Crippen LogP contribution < -0.4 is 5.73 Å². The summed E-state index contributed by atoms with van der Waals surface area (Å²) in [6, 6.07) is 5.76. The Labute approximate surface area is 137 Å². The summed E-state index contributed by atoms with van der Waals surface area (Å²) in [4.78, 5) is 2.35. The Morgan fingerprint density at radius 2 is 1.76 bits per heavy atom. The van der Waals surface area contributed by atoms with Crippen LogP contribution in [-0.2, 0) is 4.74 Å². The summed E-state index contributed by atoms with van der Waals surface area (Å²) in [6.07, 6.45) is 0. The fourth-order valence-electron chi connectivity index (χ4n) is 3.32. The molecular formula is C16H24Cl2N2O. The van der Waals surface area contributed by atoms with Gasteiger partial charge >= 0.3 is 0 Å². The van der Waals surface area contributed by atoms with Crippen LogP contribution in [0.15, 0.2) is 18.2 Å². The van der Waals surface area contributed by atoms with E-state index in [9.17, 15) is 0 Å². The number of morpholine rings is 1. The predicted octanol–water partition coefficient (Wildman–Crippen LogP) is 3.88. The molecule has 2 rings (SSSR count). The Hall–Kier alpha value is -0.320. The number of benzene rings is 1. The van der Waals surface area contributed by atoms with Crippen LogP contribution in [0.4, 0.5) is 0 Å². The average molecular weight is 331 g/mol. The van der Waals surface area contributed by atoms with Gasteiger partial charge in [-0.15, -0.1) is 0 Å². The normalized spacial score (nSPS) is 23.0. The van der Waals surface area contributed by atoms with Crippen molar-refractivity contribution >= 4 is 23.2 Å². The van der Waals surface area contributed by atoms with Gasteiger partial charge in [0.1, 0.15) is 0 Å². The third-order valence-corrected chi connectivity index (χ3v) is 4.56. The van der Waals surface area contributed by atoms with Gasteiger partial charge in [0.2, 0.25) is 0 Å². The maximum Gasteiger partial charge on any atom is 0.0761 e. The van der Waals surface area contributed by atoms with Crippen LogP contribution in [0.25, 0.3) is 0 Å². The van der Waals surface area contributed by atoms with Gasteiger partial charge in [-0.1, -0.05) is 35.3 Å². The van der Waals surface area contributed by atoms with Gasteiger partial charge in [-0.05, 0) is 39.3 Å². The number of ether oxygens (including phenoxy) is 1. The van der Waals surface area contributed by atoms with E-state index < -0.39 is 0 Å². The van der Waals surface area contributed by atoms with Crippen LogP contribution in [0, 0.1) is 0 Å². The van der Waals surface area contributed by atoms with Crippen molar-refractivity contribution in [3.63, 3.8) is 0 Å². The van der Waals surface area contributed by atoms with E-state index >= 15 is 0 Å². The van der Waals surface area contributed by atoms with Gasteiger partial charge in [-0.3, -0.25) is 4.90 Å². The zero-order valence-corrected chi connectivity index (χ0v) is 14.6. The van der Waals surface area contributed by atoms with Crippen molar-refractivity contribution in [2.24, 2.45) is 5.73 Å². The Balaban J connectivity index is 2.35. The Morgan fingerprint density at radius 1 is 1.19 bits per heavy atom. The lowest BCUT2D eigenvalue weighted by molar-refractivity contribution is -0.187. The molecule has 5 heteroatoms. The topological polar surface area (TPSA) is 38.5 Å². The first-order valence-electron chi connectivity index (χ1n) is 7.23. The third-order valence-electron chi connectivity index (χ3n) is 3.72. The van der Waals surface area contributed by atoms with Crippen LogP contribution >= 0.6 is 23.2 Å². The van der Waals surface area contributed by atoms with Crippen LogP contribution in [0.2, 0.25) is 10.0 Å². The predicted molar refractivity (Wildman–Crippen MR) is 89.1 cm³/mol. The highest BCUT2D eigenvalue weighted by molar-refractivity contribution is 6.42. The first kappa shape index (κ1) is 17.0. The van der Waals surface area contributed by atoms with Gasteiger partial charge in [-0.2, -0.15) is 0 Å². The summed E-state index contributed by atoms with van der Waals surface area (Å²) in [5.74, 6) is 0. The fourth-order valence-corrected chi connectivity index (χ4v) is 3.75. The van der Waals surface area contributed by atoms with E-state index in [2.05, 4.69) is 32.6 Å². The summed E-state index contributed by atoms with van der Waals surface area (Å²) in [5, 5.41) is 1.16. The SMILES string of the molecule is CC1(C)CN(C(CN)c2cccc(Cl)c2Cl)CC(C)(C)O1. The van der Waals surface area contributed by atoms with Gasteiger partial charge in [-0.25, -0.2) is 0 Å². The van der Waals surface area contributed by atoms with E-state index in [0.29, 0.717) is 16.6 Å². The molecule has 0 saturated carbocycles. The summed E-state index contributed by atoms with van der Waals surface area (Å²) >= 11 is 12.5. The molecule has 1 aromatic carbocycles. The lowest BCUT2D eigenvalue weighted by Crippen LogP contribution is -2.58. The standard InChI is InChI=1S/C16H24Cl2N2O/c1-15(2)9-20(10-16(3,4)21-15)13(8-19)11-6-5-7-12(17)14(11)18/h5-7,13H,8-10,19H2,1-4H3. The van der Waals surface area contributed by atoms with Crippen molar-refractivity contribution in [2.45, 2.75) is 44.9 Å². The molecule has 1 fully saturated rings. The van der Waals surface area contributed by atoms with Crippen molar-refractivity contribution < 1.29 is 4.74 Å². The first-order chi connectivity index (χ1) is 9.65. The van der Waals surface area contributed by atoms with E-state index in [1.54, 1.807) is 6.07 Å². The second-order valence-corrected chi connectivity index (χ2v) is 7.71. The van der Waals surface area contributed by atoms with E-state index in [1.165, 1.54) is 0 Å². The van der Waals surface area contributed by atoms with Crippen LogP contribution in [0.5, 0.6) is 0 Å². The van der Waals surface area contributed by atoms with Crippen LogP contribution in [0.3, 0.4) is 0 Å². The lowest BCUT2D eigenvalue weighted by atomic mass is 9.95. The molecular weight excluding hydrogens is 307 g/mol. The molecule has 0 spiro atoms. The molecule has 0 amide bonds. The van der Waals surface area contributed by atoms with Crippen molar-refractivity contribution in [3.05, 3.63) is 33.8 Å². The third kappa shape index (κ3) is 3.91. The van der Waals surface area contributed by atoms with Crippen molar-refractivity contribution in [3.8, 4) is 0 Å². The zero-order valence-electron chi connectivity index (χ0n) is 13.1. The van der Waals surface area contributed by atoms with Crippen molar-refractivity contribution in [1.82, 2.24) is 4.90 Å². The molecule has 1 atom stereocenters. The highest BCUT2D eigenvalue weighted by atomic mass is 35.5. The lowest BCUT2D eigenvalue weighted by Gasteiger charge is -2.49. The van der Waals surface area contributed by atoms with Gasteiger partial charge in [0.25, 0.3) is 0 Å². The molecule has 2 N–H and O–H groups in total. The molecule has 0 aliphatic carbocycles. The zero-order chi connectivity index (χ0) is 15.8. The van der Waals surface area contributed by atoms with Gasteiger partial charge < -0.3 is 10.5 Å². The minimum absolute atomic E-state index is 0.0404. The molecule has 1 aliphatic rings. The summed E-state index contributed by atoms with van der Waals surface area (Å²) in [6.45, 7) is 10.5. The van der Waals surface area contributed by atoms with Crippen LogP contribution in [-0.4, -0.2) is 35.7 Å². The van der Waals surface area contributed by atoms with Crippen molar-refractivity contribution in [1.29, 1.82) is 0 Å². The minimum atomic E-state index is -0.222. The molecule has 1 saturated heterocycles. The number of hydrogen-bond acceptors (Lipinski definition) is 3. The van der Waals surface area contributed by atoms with Gasteiger partial charge in [0.05, 0.1) is 21.2 Å². The van der Waals surface area contributed by atoms with E-state index in [0.717, 1.165) is 18.7 Å². The van der Waals surface area contributed by atoms with Gasteiger partial charge in [0.15, 0.2) is 0 Å². The Kier molecular flexibility index (Phi) is 4.91. The van der Waals surface area contributed by atoms with E-state index in [4.69, 9.17) is 33.7 Å². The molecule has 1 heterocycles. The fraction of sp³-hybridized carbons (Fsp3) is 0.625. The number of halogens is 2. The maximum absolute atomic E-state index is 6.38. The number of nitrogens with two attached hydrogens (primary N) is 1. The molecule has 0 bridgehead atoms. The molecule has 1 unspecified atom stereocenters. The van der Waals surface area contributed by atoms with E-state index in [1.807, 2.05) is 12.1 Å². The molecule has 118 valence electrons. The molecule has 21 heavy (non-hydrogen) atoms. The quantitative estimate of drug-likeness (QED) is 0.913. The number of hydrogen-bond donors (Lipinski definition) is 1. The highest BCUT2D eigenvalue weighted by Crippen LogP contribution is 2.37. The largest absolute Gasteiger partial charge is 0.367 e. The van der Waals surface area contributed by atoms with Crippen LogP contribution in [0.1, 0.15) is 39.3 Å². The second kappa shape index (κ2) is 6.05. The summed E-state index contributed by atoms with van der Waals surface area (Å²) < 4.78 is 6.13. The van der Waals surface area contributed by atoms with Crippen molar-refractivity contribution in [2.75, 3.05) is 19.6 Å². The second-order valence-electron chi connectivity index (χ2n) is 6.92. The molecule has 1 aromatic rings. The molecule has 1 aliphatic heterocycles. The Morgan fingerprint density at radius 3 is 2.29 bits per heavy atom. The van der Waals surface area contributed by atoms with Gasteiger partial charge in [0, 0.05) is 25.7 Å². The minimum Gasteiger partial charge on any atom is -0.367 e. The van der Waals surface area contributed by atoms with E-state index in [-0.39, 0.29) is 17.2 Å². The molecule has 0 aromatic heterocycles. The summed E-state index contributed by atoms with van der Waals surface area (Å²) in [7, 11) is 0. The molecule has 3 nitrogen and oxygen atoms in total. The molecule has 0 radical (unpaired) electrons. The Bertz CT molecular complexity index is 501. The average Bonchev–Trinajstić information content (AvgIpc) is 2.31. The maximum atomic E-state index is 6.38. The number of rotatable bonds is 3. The monoisotopic (exact) mass is 330 g/mol. The first-order valence-corrected chi connectivity index (χ1v) is 7.99.